The van der Waals surface area contributed by atoms with Crippen molar-refractivity contribution in [2.24, 2.45) is 34.5 Å². The van der Waals surface area contributed by atoms with Crippen LogP contribution in [0.5, 0.6) is 0 Å². The molecule has 0 radical (unpaired) electrons. The molecule has 1 N–H and O–H groups in total. The molecule has 35 heavy (non-hydrogen) atoms. The quantitative estimate of drug-likeness (QED) is 0.507. The van der Waals surface area contributed by atoms with Crippen LogP contribution in [0, 0.1) is 34.5 Å². The fourth-order valence-corrected chi connectivity index (χ4v) is 9.27. The fraction of sp³-hybridized carbons (Fsp3) is 0.733. The third-order valence-electron chi connectivity index (χ3n) is 11.6. The maximum absolute atomic E-state index is 12.5. The number of rotatable bonds is 1. The molecule has 0 amide bonds. The molecule has 3 fully saturated rings. The van der Waals surface area contributed by atoms with Crippen molar-refractivity contribution in [2.75, 3.05) is 0 Å². The number of allylic oxidation sites excluding steroid dienone is 4. The van der Waals surface area contributed by atoms with Gasteiger partial charge in [-0.15, -0.1) is 0 Å². The van der Waals surface area contributed by atoms with Crippen LogP contribution < -0.4 is 0 Å². The van der Waals surface area contributed by atoms with E-state index in [-0.39, 0.29) is 34.7 Å². The average Bonchev–Trinajstić information content (AvgIpc) is 3.15. The Balaban J connectivity index is 1.34. The Kier molecular flexibility index (Phi) is 4.93. The highest BCUT2D eigenvalue weighted by Crippen LogP contribution is 2.70. The maximum Gasteiger partial charge on any atom is 0.338 e. The van der Waals surface area contributed by atoms with Crippen LogP contribution in [0.3, 0.4) is 0 Å². The lowest BCUT2D eigenvalue weighted by Crippen LogP contribution is -2.48. The summed E-state index contributed by atoms with van der Waals surface area (Å²) in [5.41, 5.74) is 2.70. The third kappa shape index (κ3) is 3.15. The van der Waals surface area contributed by atoms with Gasteiger partial charge in [0.2, 0.25) is 0 Å². The first kappa shape index (κ1) is 23.5. The van der Waals surface area contributed by atoms with Crippen molar-refractivity contribution in [3.8, 4) is 0 Å². The molecule has 1 saturated heterocycles. The normalized spacial score (nSPS) is 48.2. The van der Waals surface area contributed by atoms with Crippen molar-refractivity contribution in [3.05, 3.63) is 34.9 Å². The largest absolute Gasteiger partial charge is 0.460 e. The van der Waals surface area contributed by atoms with E-state index in [9.17, 15) is 14.7 Å². The Morgan fingerprint density at radius 2 is 1.74 bits per heavy atom. The molecule has 2 bridgehead atoms. The average molecular weight is 481 g/mol. The number of fused-ring (bicyclic) bond motifs is 5. The van der Waals surface area contributed by atoms with E-state index in [0.29, 0.717) is 11.8 Å². The molecule has 2 aliphatic heterocycles. The lowest BCUT2D eigenvalue weighted by Gasteiger charge is -2.52. The minimum atomic E-state index is -1.34. The number of hydrogen-bond donors (Lipinski definition) is 1. The first-order valence-corrected chi connectivity index (χ1v) is 13.7. The zero-order valence-electron chi connectivity index (χ0n) is 21.9. The third-order valence-corrected chi connectivity index (χ3v) is 11.6. The molecule has 0 aromatic carbocycles. The summed E-state index contributed by atoms with van der Waals surface area (Å²) in [6, 6.07) is 0. The van der Waals surface area contributed by atoms with Gasteiger partial charge in [-0.1, -0.05) is 31.6 Å². The summed E-state index contributed by atoms with van der Waals surface area (Å²) >= 11 is 0. The van der Waals surface area contributed by atoms with Crippen molar-refractivity contribution in [2.45, 2.75) is 103 Å². The van der Waals surface area contributed by atoms with Gasteiger partial charge in [-0.25, -0.2) is 9.59 Å². The van der Waals surface area contributed by atoms with E-state index in [2.05, 4.69) is 19.9 Å². The molecule has 4 aliphatic carbocycles. The molecule has 0 aromatic rings. The summed E-state index contributed by atoms with van der Waals surface area (Å²) in [4.78, 5) is 24.6. The Bertz CT molecular complexity index is 1080. The molecule has 0 aromatic heterocycles. The van der Waals surface area contributed by atoms with Gasteiger partial charge in [0.05, 0.1) is 0 Å². The van der Waals surface area contributed by atoms with Crippen LogP contribution in [-0.4, -0.2) is 34.4 Å². The van der Waals surface area contributed by atoms with Gasteiger partial charge in [-0.2, -0.15) is 0 Å². The molecular weight excluding hydrogens is 440 g/mol. The van der Waals surface area contributed by atoms with E-state index in [4.69, 9.17) is 9.47 Å². The number of esters is 2. The van der Waals surface area contributed by atoms with Crippen LogP contribution in [0.1, 0.15) is 86.0 Å². The van der Waals surface area contributed by atoms with E-state index < -0.39 is 17.2 Å². The molecule has 8 atom stereocenters. The molecular formula is C30H40O5. The molecule has 5 nitrogen and oxygen atoms in total. The number of aliphatic hydroxyl groups is 1. The topological polar surface area (TPSA) is 72.8 Å². The van der Waals surface area contributed by atoms with Crippen LogP contribution in [0.15, 0.2) is 34.9 Å². The number of cyclic esters (lactones) is 1. The van der Waals surface area contributed by atoms with Gasteiger partial charge >= 0.3 is 11.9 Å². The summed E-state index contributed by atoms with van der Waals surface area (Å²) in [7, 11) is 0. The standard InChI is InChI=1S/C30H40O5/c1-27(2)21-7-8-22-18(14-17(21)6-9-25(31)35-27)10-12-29(4)23(11-13-28(22,29)3)20-15-19-16-24(20)34-26(32)30(19,5)33/h6,9,14,19-21,23-24,33H,7-8,10-13,15-16H2,1-5H3/t19-,20+,21-,23-,24-,28+,29-,30-/m1/s1. The number of hydrogen-bond acceptors (Lipinski definition) is 5. The van der Waals surface area contributed by atoms with Crippen LogP contribution in [-0.2, 0) is 19.1 Å². The Hall–Kier alpha value is -1.88. The molecule has 2 heterocycles. The van der Waals surface area contributed by atoms with Crippen molar-refractivity contribution in [1.82, 2.24) is 0 Å². The first-order chi connectivity index (χ1) is 16.4. The molecule has 190 valence electrons. The van der Waals surface area contributed by atoms with Crippen LogP contribution in [0.4, 0.5) is 0 Å². The van der Waals surface area contributed by atoms with Gasteiger partial charge in [0, 0.05) is 17.9 Å². The van der Waals surface area contributed by atoms with Gasteiger partial charge < -0.3 is 14.6 Å². The minimum absolute atomic E-state index is 0.0129. The molecule has 0 unspecified atom stereocenters. The SMILES string of the molecule is CC1(C)OC(=O)C=CC2=CC3=C(CC[C@H]21)[C@]1(C)CC[C@H]([C@@H]2C[C@@H]4C[C@H]2OC(=O)[C@]4(C)O)[C@@]1(C)CC3. The van der Waals surface area contributed by atoms with Crippen LogP contribution in [0.2, 0.25) is 0 Å². The Labute approximate surface area is 209 Å². The maximum atomic E-state index is 12.5. The van der Waals surface area contributed by atoms with Gasteiger partial charge in [0.1, 0.15) is 11.7 Å². The van der Waals surface area contributed by atoms with Gasteiger partial charge in [0.25, 0.3) is 0 Å². The number of ether oxygens (including phenoxy) is 2. The monoisotopic (exact) mass is 480 g/mol. The zero-order valence-corrected chi connectivity index (χ0v) is 21.9. The Morgan fingerprint density at radius 3 is 2.51 bits per heavy atom. The molecule has 5 heteroatoms. The van der Waals surface area contributed by atoms with Gasteiger partial charge in [-0.3, -0.25) is 0 Å². The second-order valence-electron chi connectivity index (χ2n) is 13.4. The van der Waals surface area contributed by atoms with E-state index in [1.165, 1.54) is 11.1 Å². The Morgan fingerprint density at radius 1 is 0.971 bits per heavy atom. The van der Waals surface area contributed by atoms with Gasteiger partial charge in [0.15, 0.2) is 5.60 Å². The lowest BCUT2D eigenvalue weighted by molar-refractivity contribution is -0.184. The predicted molar refractivity (Wildman–Crippen MR) is 132 cm³/mol. The second kappa shape index (κ2) is 7.34. The van der Waals surface area contributed by atoms with Gasteiger partial charge in [-0.05, 0) is 106 Å². The summed E-state index contributed by atoms with van der Waals surface area (Å²) in [6.45, 7) is 10.7. The number of carbonyl (C=O) groups excluding carboxylic acids is 2. The van der Waals surface area contributed by atoms with E-state index >= 15 is 0 Å². The molecule has 0 spiro atoms. The summed E-state index contributed by atoms with van der Waals surface area (Å²) < 4.78 is 11.7. The van der Waals surface area contributed by atoms with E-state index in [1.54, 1.807) is 18.6 Å². The fourth-order valence-electron chi connectivity index (χ4n) is 9.27. The number of carbonyl (C=O) groups is 2. The highest BCUT2D eigenvalue weighted by Gasteiger charge is 2.64. The summed E-state index contributed by atoms with van der Waals surface area (Å²) in [5.74, 6) is 0.366. The smallest absolute Gasteiger partial charge is 0.338 e. The van der Waals surface area contributed by atoms with Crippen LogP contribution >= 0.6 is 0 Å². The molecule has 6 aliphatic rings. The van der Waals surface area contributed by atoms with E-state index in [0.717, 1.165) is 51.4 Å². The zero-order chi connectivity index (χ0) is 25.0. The van der Waals surface area contributed by atoms with Crippen molar-refractivity contribution in [3.63, 3.8) is 0 Å². The van der Waals surface area contributed by atoms with Crippen molar-refractivity contribution < 1.29 is 24.2 Å². The van der Waals surface area contributed by atoms with Crippen LogP contribution in [0.25, 0.3) is 0 Å². The summed E-state index contributed by atoms with van der Waals surface area (Å²) in [6.07, 6.45) is 14.1. The highest BCUT2D eigenvalue weighted by molar-refractivity contribution is 5.83. The van der Waals surface area contributed by atoms with Crippen molar-refractivity contribution in [1.29, 1.82) is 0 Å². The summed E-state index contributed by atoms with van der Waals surface area (Å²) in [5, 5.41) is 10.8. The second-order valence-corrected chi connectivity index (χ2v) is 13.4. The first-order valence-electron chi connectivity index (χ1n) is 13.7. The minimum Gasteiger partial charge on any atom is -0.460 e. The predicted octanol–water partition coefficient (Wildman–Crippen LogP) is 5.43. The van der Waals surface area contributed by atoms with E-state index in [1.807, 2.05) is 19.9 Å². The highest BCUT2D eigenvalue weighted by atomic mass is 16.6. The molecule has 6 rings (SSSR count). The molecule has 2 saturated carbocycles. The lowest BCUT2D eigenvalue weighted by atomic mass is 9.52. The van der Waals surface area contributed by atoms with Crippen molar-refractivity contribution >= 4 is 11.9 Å².